The second kappa shape index (κ2) is 8.98. The number of nitrogens with two attached hydrogens (primary N) is 1. The summed E-state index contributed by atoms with van der Waals surface area (Å²) in [5.41, 5.74) is 7.93. The Balaban J connectivity index is 1.64. The number of nitriles is 1. The van der Waals surface area contributed by atoms with Crippen molar-refractivity contribution in [1.82, 2.24) is 15.0 Å². The maximum atomic E-state index is 9.16. The van der Waals surface area contributed by atoms with E-state index in [0.29, 0.717) is 40.8 Å². The number of hydrogen-bond acceptors (Lipinski definition) is 8. The SMILES string of the molecule is COc1ccc(Oc2nc(-c3cncc(C#N)c3)cnc2NCC2(N)CCCC2)cc1. The Morgan fingerprint density at radius 1 is 1.13 bits per heavy atom. The van der Waals surface area contributed by atoms with Crippen LogP contribution in [0.1, 0.15) is 31.2 Å². The van der Waals surface area contributed by atoms with Crippen LogP contribution in [-0.2, 0) is 0 Å². The molecule has 2 aromatic heterocycles. The van der Waals surface area contributed by atoms with Crippen LogP contribution in [0.2, 0.25) is 0 Å². The van der Waals surface area contributed by atoms with Gasteiger partial charge in [0.25, 0.3) is 5.88 Å². The number of aromatic nitrogens is 3. The van der Waals surface area contributed by atoms with Gasteiger partial charge in [-0.1, -0.05) is 12.8 Å². The Hall–Kier alpha value is -3.70. The van der Waals surface area contributed by atoms with Gasteiger partial charge in [-0.2, -0.15) is 5.26 Å². The van der Waals surface area contributed by atoms with Gasteiger partial charge in [0, 0.05) is 30.0 Å². The topological polar surface area (TPSA) is 119 Å². The molecule has 0 atom stereocenters. The Morgan fingerprint density at radius 2 is 1.87 bits per heavy atom. The maximum absolute atomic E-state index is 9.16. The van der Waals surface area contributed by atoms with Crippen molar-refractivity contribution in [1.29, 1.82) is 5.26 Å². The second-order valence-electron chi connectivity index (χ2n) is 7.68. The number of methoxy groups -OCH3 is 1. The molecule has 0 saturated heterocycles. The summed E-state index contributed by atoms with van der Waals surface area (Å²) >= 11 is 0. The lowest BCUT2D eigenvalue weighted by atomic mass is 9.99. The fraction of sp³-hybridized carbons (Fsp3) is 0.304. The molecule has 0 bridgehead atoms. The quantitative estimate of drug-likeness (QED) is 0.595. The standard InChI is InChI=1S/C23H24N6O2/c1-30-18-4-6-19(7-5-18)31-22-21(28-15-23(25)8-2-3-9-23)27-14-20(29-22)17-10-16(11-24)12-26-13-17/h4-7,10,12-14H,2-3,8-9,15,25H2,1H3,(H,27,28). The summed E-state index contributed by atoms with van der Waals surface area (Å²) in [6, 6.07) is 11.0. The molecule has 0 radical (unpaired) electrons. The third-order valence-corrected chi connectivity index (χ3v) is 5.38. The molecule has 1 aliphatic rings. The van der Waals surface area contributed by atoms with Crippen molar-refractivity contribution in [2.75, 3.05) is 19.0 Å². The molecule has 0 amide bonds. The van der Waals surface area contributed by atoms with Gasteiger partial charge < -0.3 is 20.5 Å². The molecule has 3 aromatic rings. The minimum atomic E-state index is -0.247. The largest absolute Gasteiger partial charge is 0.497 e. The highest BCUT2D eigenvalue weighted by Gasteiger charge is 2.29. The summed E-state index contributed by atoms with van der Waals surface area (Å²) in [5, 5.41) is 12.5. The summed E-state index contributed by atoms with van der Waals surface area (Å²) in [7, 11) is 1.61. The average molecular weight is 416 g/mol. The van der Waals surface area contributed by atoms with Gasteiger partial charge in [0.15, 0.2) is 5.82 Å². The lowest BCUT2D eigenvalue weighted by Gasteiger charge is -2.24. The predicted molar refractivity (Wildman–Crippen MR) is 117 cm³/mol. The number of ether oxygens (including phenoxy) is 2. The molecule has 1 saturated carbocycles. The van der Waals surface area contributed by atoms with Gasteiger partial charge in [-0.25, -0.2) is 9.97 Å². The van der Waals surface area contributed by atoms with E-state index in [1.54, 1.807) is 37.7 Å². The van der Waals surface area contributed by atoms with Crippen molar-refractivity contribution in [3.8, 4) is 34.7 Å². The van der Waals surface area contributed by atoms with Crippen LogP contribution in [0.15, 0.2) is 48.9 Å². The van der Waals surface area contributed by atoms with Crippen molar-refractivity contribution < 1.29 is 9.47 Å². The van der Waals surface area contributed by atoms with E-state index in [9.17, 15) is 0 Å². The van der Waals surface area contributed by atoms with E-state index < -0.39 is 0 Å². The van der Waals surface area contributed by atoms with Gasteiger partial charge in [0.1, 0.15) is 17.6 Å². The van der Waals surface area contributed by atoms with Crippen LogP contribution >= 0.6 is 0 Å². The van der Waals surface area contributed by atoms with Crippen molar-refractivity contribution in [2.45, 2.75) is 31.2 Å². The summed E-state index contributed by atoms with van der Waals surface area (Å²) in [6.07, 6.45) is 9.02. The van der Waals surface area contributed by atoms with E-state index in [4.69, 9.17) is 20.5 Å². The third kappa shape index (κ3) is 4.90. The van der Waals surface area contributed by atoms with E-state index in [0.717, 1.165) is 31.4 Å². The first-order valence-electron chi connectivity index (χ1n) is 10.2. The smallest absolute Gasteiger partial charge is 0.263 e. The van der Waals surface area contributed by atoms with Crippen LogP contribution < -0.4 is 20.5 Å². The fourth-order valence-corrected chi connectivity index (χ4v) is 3.62. The molecule has 31 heavy (non-hydrogen) atoms. The van der Waals surface area contributed by atoms with Gasteiger partial charge in [-0.15, -0.1) is 0 Å². The number of hydrogen-bond donors (Lipinski definition) is 2. The third-order valence-electron chi connectivity index (χ3n) is 5.38. The Bertz CT molecular complexity index is 1090. The van der Waals surface area contributed by atoms with Gasteiger partial charge in [0.05, 0.1) is 24.6 Å². The maximum Gasteiger partial charge on any atom is 0.263 e. The van der Waals surface area contributed by atoms with Crippen molar-refractivity contribution in [2.24, 2.45) is 5.73 Å². The lowest BCUT2D eigenvalue weighted by Crippen LogP contribution is -2.43. The van der Waals surface area contributed by atoms with Crippen LogP contribution in [0.4, 0.5) is 5.82 Å². The van der Waals surface area contributed by atoms with Crippen LogP contribution in [0.25, 0.3) is 11.3 Å². The second-order valence-corrected chi connectivity index (χ2v) is 7.68. The van der Waals surface area contributed by atoms with Gasteiger partial charge >= 0.3 is 0 Å². The summed E-state index contributed by atoms with van der Waals surface area (Å²) < 4.78 is 11.3. The van der Waals surface area contributed by atoms with E-state index >= 15 is 0 Å². The molecule has 1 aromatic carbocycles. The molecule has 0 unspecified atom stereocenters. The minimum Gasteiger partial charge on any atom is -0.497 e. The number of pyridine rings is 1. The summed E-state index contributed by atoms with van der Waals surface area (Å²) in [6.45, 7) is 0.589. The zero-order chi connectivity index (χ0) is 21.7. The molecule has 0 aliphatic heterocycles. The molecule has 2 heterocycles. The first-order valence-corrected chi connectivity index (χ1v) is 10.2. The van der Waals surface area contributed by atoms with Crippen molar-refractivity contribution in [3.05, 3.63) is 54.5 Å². The van der Waals surface area contributed by atoms with Crippen LogP contribution in [-0.4, -0.2) is 34.1 Å². The van der Waals surface area contributed by atoms with Crippen LogP contribution in [0.5, 0.6) is 17.4 Å². The molecule has 8 heteroatoms. The zero-order valence-electron chi connectivity index (χ0n) is 17.3. The minimum absolute atomic E-state index is 0.247. The highest BCUT2D eigenvalue weighted by Crippen LogP contribution is 2.32. The molecule has 3 N–H and O–H groups in total. The molecule has 8 nitrogen and oxygen atoms in total. The first-order chi connectivity index (χ1) is 15.1. The Morgan fingerprint density at radius 3 is 2.58 bits per heavy atom. The molecule has 1 aliphatic carbocycles. The van der Waals surface area contributed by atoms with Gasteiger partial charge in [-0.3, -0.25) is 4.98 Å². The molecule has 158 valence electrons. The number of nitrogens with zero attached hydrogens (tertiary/aromatic N) is 4. The van der Waals surface area contributed by atoms with E-state index in [1.165, 1.54) is 6.20 Å². The molecule has 0 spiro atoms. The Kier molecular flexibility index (Phi) is 5.96. The van der Waals surface area contributed by atoms with Gasteiger partial charge in [-0.05, 0) is 43.2 Å². The monoisotopic (exact) mass is 416 g/mol. The molecular weight excluding hydrogens is 392 g/mol. The summed E-state index contributed by atoms with van der Waals surface area (Å²) in [4.78, 5) is 13.3. The lowest BCUT2D eigenvalue weighted by molar-refractivity contribution is 0.412. The van der Waals surface area contributed by atoms with Crippen LogP contribution in [0.3, 0.4) is 0 Å². The number of nitrogens with one attached hydrogen (secondary N) is 1. The molecule has 4 rings (SSSR count). The first kappa shape index (κ1) is 20.6. The molecule has 1 fully saturated rings. The predicted octanol–water partition coefficient (Wildman–Crippen LogP) is 3.89. The van der Waals surface area contributed by atoms with E-state index in [-0.39, 0.29) is 5.54 Å². The average Bonchev–Trinajstić information content (AvgIpc) is 3.25. The Labute approximate surface area is 181 Å². The van der Waals surface area contributed by atoms with Gasteiger partial charge in [0.2, 0.25) is 0 Å². The van der Waals surface area contributed by atoms with Crippen molar-refractivity contribution >= 4 is 5.82 Å². The van der Waals surface area contributed by atoms with E-state index in [1.807, 2.05) is 12.1 Å². The fourth-order valence-electron chi connectivity index (χ4n) is 3.62. The molecular formula is C23H24N6O2. The number of rotatable bonds is 7. The van der Waals surface area contributed by atoms with Crippen molar-refractivity contribution in [3.63, 3.8) is 0 Å². The number of benzene rings is 1. The highest BCUT2D eigenvalue weighted by atomic mass is 16.5. The zero-order valence-corrected chi connectivity index (χ0v) is 17.3. The van der Waals surface area contributed by atoms with E-state index in [2.05, 4.69) is 26.3 Å². The number of anilines is 1. The highest BCUT2D eigenvalue weighted by molar-refractivity contribution is 5.62. The normalized spacial score (nSPS) is 14.6. The summed E-state index contributed by atoms with van der Waals surface area (Å²) in [5.74, 6) is 2.17. The van der Waals surface area contributed by atoms with Crippen LogP contribution in [0, 0.1) is 11.3 Å².